The van der Waals surface area contributed by atoms with Crippen molar-refractivity contribution in [1.29, 1.82) is 0 Å². The third kappa shape index (κ3) is 3.75. The summed E-state index contributed by atoms with van der Waals surface area (Å²) < 4.78 is 38.8. The van der Waals surface area contributed by atoms with Crippen LogP contribution in [-0.2, 0) is 10.0 Å². The molecule has 0 unspecified atom stereocenters. The maximum Gasteiger partial charge on any atom is 0.338 e. The summed E-state index contributed by atoms with van der Waals surface area (Å²) in [6.07, 6.45) is 0.610. The molecule has 0 fully saturated rings. The SMILES string of the molecule is CNCCCN(C)S(=O)(=O)c1ccc(F)c(C(=O)O)c1. The topological polar surface area (TPSA) is 86.7 Å². The van der Waals surface area contributed by atoms with Crippen LogP contribution >= 0.6 is 0 Å². The number of hydrogen-bond donors (Lipinski definition) is 2. The summed E-state index contributed by atoms with van der Waals surface area (Å²) in [7, 11) is -0.662. The van der Waals surface area contributed by atoms with Crippen LogP contribution in [0.3, 0.4) is 0 Å². The number of aromatic carboxylic acids is 1. The largest absolute Gasteiger partial charge is 0.478 e. The molecule has 1 rings (SSSR count). The summed E-state index contributed by atoms with van der Waals surface area (Å²) in [6, 6.07) is 2.74. The van der Waals surface area contributed by atoms with E-state index in [2.05, 4.69) is 5.32 Å². The summed E-state index contributed by atoms with van der Waals surface area (Å²) in [5.74, 6) is -2.47. The van der Waals surface area contributed by atoms with Crippen LogP contribution in [0.5, 0.6) is 0 Å². The highest BCUT2D eigenvalue weighted by Gasteiger charge is 2.23. The number of hydrogen-bond acceptors (Lipinski definition) is 4. The smallest absolute Gasteiger partial charge is 0.338 e. The van der Waals surface area contributed by atoms with Crippen molar-refractivity contribution >= 4 is 16.0 Å². The minimum Gasteiger partial charge on any atom is -0.478 e. The van der Waals surface area contributed by atoms with Gasteiger partial charge in [0.05, 0.1) is 10.5 Å². The first-order chi connectivity index (χ1) is 9.30. The van der Waals surface area contributed by atoms with E-state index in [0.717, 1.165) is 22.5 Å². The Balaban J connectivity index is 3.03. The molecule has 0 spiro atoms. The van der Waals surface area contributed by atoms with Crippen LogP contribution < -0.4 is 5.32 Å². The highest BCUT2D eigenvalue weighted by Crippen LogP contribution is 2.18. The van der Waals surface area contributed by atoms with E-state index in [1.807, 2.05) is 0 Å². The Bertz CT molecular complexity index is 589. The highest BCUT2D eigenvalue weighted by molar-refractivity contribution is 7.89. The Morgan fingerprint density at radius 3 is 2.65 bits per heavy atom. The van der Waals surface area contributed by atoms with Gasteiger partial charge in [-0.05, 0) is 38.2 Å². The molecule has 0 aromatic heterocycles. The molecule has 0 aliphatic carbocycles. The van der Waals surface area contributed by atoms with E-state index < -0.39 is 27.4 Å². The van der Waals surface area contributed by atoms with Crippen molar-refractivity contribution in [2.24, 2.45) is 0 Å². The molecule has 1 aromatic rings. The molecule has 0 bridgehead atoms. The van der Waals surface area contributed by atoms with Gasteiger partial charge in [0.25, 0.3) is 0 Å². The van der Waals surface area contributed by atoms with Gasteiger partial charge in [0.15, 0.2) is 0 Å². The molecule has 6 nitrogen and oxygen atoms in total. The predicted molar refractivity (Wildman–Crippen MR) is 71.7 cm³/mol. The van der Waals surface area contributed by atoms with E-state index in [4.69, 9.17) is 5.11 Å². The van der Waals surface area contributed by atoms with Gasteiger partial charge in [-0.3, -0.25) is 0 Å². The van der Waals surface area contributed by atoms with Gasteiger partial charge in [-0.1, -0.05) is 0 Å². The van der Waals surface area contributed by atoms with Crippen LogP contribution in [0.25, 0.3) is 0 Å². The van der Waals surface area contributed by atoms with Gasteiger partial charge in [0.2, 0.25) is 10.0 Å². The summed E-state index contributed by atoms with van der Waals surface area (Å²) in [4.78, 5) is 10.6. The third-order valence-electron chi connectivity index (χ3n) is 2.78. The zero-order valence-electron chi connectivity index (χ0n) is 11.3. The van der Waals surface area contributed by atoms with Crippen LogP contribution in [0.2, 0.25) is 0 Å². The second-order valence-corrected chi connectivity index (χ2v) is 6.28. The van der Waals surface area contributed by atoms with Crippen LogP contribution in [0, 0.1) is 5.82 Å². The van der Waals surface area contributed by atoms with E-state index in [-0.39, 0.29) is 11.4 Å². The molecule has 0 heterocycles. The van der Waals surface area contributed by atoms with Gasteiger partial charge >= 0.3 is 5.97 Å². The van der Waals surface area contributed by atoms with Gasteiger partial charge in [0, 0.05) is 13.6 Å². The highest BCUT2D eigenvalue weighted by atomic mass is 32.2. The Morgan fingerprint density at radius 1 is 1.45 bits per heavy atom. The van der Waals surface area contributed by atoms with Crippen molar-refractivity contribution in [3.63, 3.8) is 0 Å². The molecule has 0 atom stereocenters. The van der Waals surface area contributed by atoms with Crippen molar-refractivity contribution in [3.8, 4) is 0 Å². The fourth-order valence-corrected chi connectivity index (χ4v) is 2.84. The molecule has 2 N–H and O–H groups in total. The second-order valence-electron chi connectivity index (χ2n) is 4.23. The number of rotatable bonds is 7. The normalized spacial score (nSPS) is 11.8. The summed E-state index contributed by atoms with van der Waals surface area (Å²) in [5, 5.41) is 11.7. The molecule has 0 radical (unpaired) electrons. The van der Waals surface area contributed by atoms with Crippen molar-refractivity contribution in [1.82, 2.24) is 9.62 Å². The number of sulfonamides is 1. The average Bonchev–Trinajstić information content (AvgIpc) is 2.38. The zero-order valence-corrected chi connectivity index (χ0v) is 12.1. The molecular formula is C12H17FN2O4S. The standard InChI is InChI=1S/C12H17FN2O4S/c1-14-6-3-7-15(2)20(18,19)9-4-5-11(13)10(8-9)12(16)17/h4-5,8,14H,3,6-7H2,1-2H3,(H,16,17). The van der Waals surface area contributed by atoms with E-state index in [9.17, 15) is 17.6 Å². The van der Waals surface area contributed by atoms with Crippen molar-refractivity contribution < 1.29 is 22.7 Å². The number of carboxylic acid groups (broad SMARTS) is 1. The van der Waals surface area contributed by atoms with E-state index >= 15 is 0 Å². The van der Waals surface area contributed by atoms with Gasteiger partial charge in [-0.2, -0.15) is 0 Å². The maximum atomic E-state index is 13.3. The lowest BCUT2D eigenvalue weighted by Crippen LogP contribution is -2.29. The summed E-state index contributed by atoms with van der Waals surface area (Å²) in [5.41, 5.74) is -0.658. The maximum absolute atomic E-state index is 13.3. The van der Waals surface area contributed by atoms with E-state index in [1.165, 1.54) is 7.05 Å². The lowest BCUT2D eigenvalue weighted by Gasteiger charge is -2.17. The van der Waals surface area contributed by atoms with Gasteiger partial charge in [-0.15, -0.1) is 0 Å². The first-order valence-corrected chi connectivity index (χ1v) is 7.38. The molecule has 1 aromatic carbocycles. The Kier molecular flexibility index (Phi) is 5.61. The van der Waals surface area contributed by atoms with Crippen LogP contribution in [0.1, 0.15) is 16.8 Å². The quantitative estimate of drug-likeness (QED) is 0.726. The lowest BCUT2D eigenvalue weighted by molar-refractivity contribution is 0.0691. The van der Waals surface area contributed by atoms with Crippen LogP contribution in [0.4, 0.5) is 4.39 Å². The van der Waals surface area contributed by atoms with Gasteiger partial charge in [-0.25, -0.2) is 21.9 Å². The fraction of sp³-hybridized carbons (Fsp3) is 0.417. The molecule has 8 heteroatoms. The van der Waals surface area contributed by atoms with E-state index in [1.54, 1.807) is 7.05 Å². The summed E-state index contributed by atoms with van der Waals surface area (Å²) in [6.45, 7) is 0.937. The number of nitrogens with one attached hydrogen (secondary N) is 1. The second kappa shape index (κ2) is 6.78. The third-order valence-corrected chi connectivity index (χ3v) is 4.63. The Labute approximate surface area is 117 Å². The monoisotopic (exact) mass is 304 g/mol. The van der Waals surface area contributed by atoms with E-state index in [0.29, 0.717) is 13.0 Å². The molecule has 0 saturated carbocycles. The zero-order chi connectivity index (χ0) is 15.3. The minimum absolute atomic E-state index is 0.233. The predicted octanol–water partition coefficient (Wildman–Crippen LogP) is 0.754. The minimum atomic E-state index is -3.82. The Hall–Kier alpha value is -1.51. The lowest BCUT2D eigenvalue weighted by atomic mass is 10.2. The number of carboxylic acids is 1. The fourth-order valence-electron chi connectivity index (χ4n) is 1.61. The van der Waals surface area contributed by atoms with Crippen LogP contribution in [-0.4, -0.2) is 51.0 Å². The molecule has 0 amide bonds. The van der Waals surface area contributed by atoms with Crippen molar-refractivity contribution in [3.05, 3.63) is 29.6 Å². The van der Waals surface area contributed by atoms with Crippen LogP contribution in [0.15, 0.2) is 23.1 Å². The summed E-state index contributed by atoms with van der Waals surface area (Å²) >= 11 is 0. The molecule has 112 valence electrons. The number of halogens is 1. The molecule has 0 aliphatic heterocycles. The number of nitrogens with zero attached hydrogens (tertiary/aromatic N) is 1. The molecule has 0 aliphatic rings. The van der Waals surface area contributed by atoms with Gasteiger partial charge in [0.1, 0.15) is 5.82 Å². The number of benzene rings is 1. The molecule has 20 heavy (non-hydrogen) atoms. The van der Waals surface area contributed by atoms with Crippen molar-refractivity contribution in [2.45, 2.75) is 11.3 Å². The Morgan fingerprint density at radius 2 is 2.10 bits per heavy atom. The number of carbonyl (C=O) groups is 1. The molecule has 0 saturated heterocycles. The molecular weight excluding hydrogens is 287 g/mol. The first kappa shape index (κ1) is 16.5. The first-order valence-electron chi connectivity index (χ1n) is 5.94. The van der Waals surface area contributed by atoms with Gasteiger partial charge < -0.3 is 10.4 Å². The van der Waals surface area contributed by atoms with Crippen molar-refractivity contribution in [2.75, 3.05) is 27.2 Å². The average molecular weight is 304 g/mol.